The summed E-state index contributed by atoms with van der Waals surface area (Å²) in [6.07, 6.45) is 0. The van der Waals surface area contributed by atoms with Crippen molar-refractivity contribution < 1.29 is 8.78 Å². The van der Waals surface area contributed by atoms with Gasteiger partial charge in [0.05, 0.1) is 0 Å². The zero-order chi connectivity index (χ0) is 38.7. The van der Waals surface area contributed by atoms with Crippen molar-refractivity contribution >= 4 is 63.0 Å². The molecule has 0 atom stereocenters. The Morgan fingerprint density at radius 2 is 0.534 bits per heavy atom. The quantitative estimate of drug-likeness (QED) is 0.158. The van der Waals surface area contributed by atoms with E-state index in [1.54, 1.807) is 46.9 Å². The maximum atomic E-state index is 15.3. The Morgan fingerprint density at radius 1 is 0.224 bits per heavy atom. The SMILES string of the molecule is Fc1cc(-c2ccc(-c3cc(F)cc(-c4cccc(-c5ccc6c(c5)sc5ccccc56)c4)c3)cc2)cc(-c2cccc(-c3ccc4c(c3)sc3ccccc34)c2)c1. The van der Waals surface area contributed by atoms with Gasteiger partial charge in [0, 0.05) is 40.3 Å². The summed E-state index contributed by atoms with van der Waals surface area (Å²) in [5, 5.41) is 5.09. The van der Waals surface area contributed by atoms with Gasteiger partial charge in [0.1, 0.15) is 11.6 Å². The van der Waals surface area contributed by atoms with Gasteiger partial charge < -0.3 is 0 Å². The van der Waals surface area contributed by atoms with Crippen LogP contribution in [0.2, 0.25) is 0 Å². The van der Waals surface area contributed by atoms with Gasteiger partial charge in [-0.25, -0.2) is 8.78 Å². The third-order valence-electron chi connectivity index (χ3n) is 11.2. The van der Waals surface area contributed by atoms with Gasteiger partial charge >= 0.3 is 0 Å². The molecule has 0 radical (unpaired) electrons. The van der Waals surface area contributed by atoms with Gasteiger partial charge in [-0.3, -0.25) is 0 Å². The monoisotopic (exact) mass is 782 g/mol. The van der Waals surface area contributed by atoms with E-state index in [0.717, 1.165) is 66.8 Å². The molecular formula is C54H32F2S2. The summed E-state index contributed by atoms with van der Waals surface area (Å²) in [5.74, 6) is -0.594. The van der Waals surface area contributed by atoms with E-state index in [1.165, 1.54) is 40.3 Å². The number of hydrogen-bond acceptors (Lipinski definition) is 2. The summed E-state index contributed by atoms with van der Waals surface area (Å²) in [7, 11) is 0. The predicted octanol–water partition coefficient (Wildman–Crippen LogP) is 16.7. The van der Waals surface area contributed by atoms with Crippen LogP contribution >= 0.6 is 22.7 Å². The maximum Gasteiger partial charge on any atom is 0.124 e. The fourth-order valence-corrected chi connectivity index (χ4v) is 10.6. The molecule has 9 aromatic carbocycles. The number of benzene rings is 9. The van der Waals surface area contributed by atoms with Crippen molar-refractivity contribution in [3.63, 3.8) is 0 Å². The molecule has 0 fully saturated rings. The zero-order valence-corrected chi connectivity index (χ0v) is 32.7. The Balaban J connectivity index is 0.872. The molecule has 0 bridgehead atoms. The average Bonchev–Trinajstić information content (AvgIpc) is 3.84. The molecule has 0 unspecified atom stereocenters. The molecule has 0 saturated carbocycles. The fraction of sp³-hybridized carbons (Fsp3) is 0. The summed E-state index contributed by atoms with van der Waals surface area (Å²) in [4.78, 5) is 0. The van der Waals surface area contributed by atoms with Crippen LogP contribution in [0.3, 0.4) is 0 Å². The summed E-state index contributed by atoms with van der Waals surface area (Å²) in [5.41, 5.74) is 11.3. The summed E-state index contributed by atoms with van der Waals surface area (Å²) < 4.78 is 35.7. The van der Waals surface area contributed by atoms with Crippen molar-refractivity contribution in [1.82, 2.24) is 0 Å². The van der Waals surface area contributed by atoms with E-state index in [2.05, 4.69) is 109 Å². The van der Waals surface area contributed by atoms with E-state index >= 15 is 8.78 Å². The highest BCUT2D eigenvalue weighted by molar-refractivity contribution is 7.26. The molecule has 2 aromatic heterocycles. The Bertz CT molecular complexity index is 3140. The van der Waals surface area contributed by atoms with Crippen LogP contribution in [0.4, 0.5) is 8.78 Å². The van der Waals surface area contributed by atoms with Crippen molar-refractivity contribution in [2.75, 3.05) is 0 Å². The lowest BCUT2D eigenvalue weighted by Crippen LogP contribution is -1.88. The fourth-order valence-electron chi connectivity index (χ4n) is 8.27. The van der Waals surface area contributed by atoms with Crippen LogP contribution in [-0.2, 0) is 0 Å². The van der Waals surface area contributed by atoms with Gasteiger partial charge in [-0.05, 0) is 140 Å². The van der Waals surface area contributed by atoms with E-state index < -0.39 is 0 Å². The molecule has 0 saturated heterocycles. The molecule has 2 heterocycles. The number of halogens is 2. The lowest BCUT2D eigenvalue weighted by molar-refractivity contribution is 0.628. The Kier molecular flexibility index (Phi) is 8.35. The van der Waals surface area contributed by atoms with Crippen molar-refractivity contribution in [3.8, 4) is 66.8 Å². The lowest BCUT2D eigenvalue weighted by Gasteiger charge is -2.11. The van der Waals surface area contributed by atoms with Gasteiger partial charge in [0.15, 0.2) is 0 Å². The third-order valence-corrected chi connectivity index (χ3v) is 13.4. The van der Waals surface area contributed by atoms with Gasteiger partial charge in [-0.2, -0.15) is 0 Å². The van der Waals surface area contributed by atoms with E-state index in [4.69, 9.17) is 0 Å². The second-order valence-electron chi connectivity index (χ2n) is 14.8. The van der Waals surface area contributed by atoms with Crippen LogP contribution < -0.4 is 0 Å². The van der Waals surface area contributed by atoms with Gasteiger partial charge in [0.2, 0.25) is 0 Å². The lowest BCUT2D eigenvalue weighted by atomic mass is 9.94. The van der Waals surface area contributed by atoms with Crippen molar-refractivity contribution in [3.05, 3.63) is 206 Å². The van der Waals surface area contributed by atoms with Crippen LogP contribution in [0, 0.1) is 11.6 Å². The van der Waals surface area contributed by atoms with Crippen molar-refractivity contribution in [2.45, 2.75) is 0 Å². The van der Waals surface area contributed by atoms with E-state index in [9.17, 15) is 0 Å². The topological polar surface area (TPSA) is 0 Å². The molecule has 11 rings (SSSR count). The van der Waals surface area contributed by atoms with Gasteiger partial charge in [-0.1, -0.05) is 121 Å². The second kappa shape index (κ2) is 14.0. The van der Waals surface area contributed by atoms with Crippen LogP contribution in [0.25, 0.3) is 107 Å². The molecule has 0 aliphatic heterocycles. The van der Waals surface area contributed by atoms with Gasteiger partial charge in [0.25, 0.3) is 0 Å². The highest BCUT2D eigenvalue weighted by Crippen LogP contribution is 2.40. The first kappa shape index (κ1) is 34.5. The molecule has 11 aromatic rings. The third kappa shape index (κ3) is 6.28. The predicted molar refractivity (Wildman–Crippen MR) is 245 cm³/mol. The van der Waals surface area contributed by atoms with Crippen molar-refractivity contribution in [1.29, 1.82) is 0 Å². The number of thiophene rings is 2. The highest BCUT2D eigenvalue weighted by Gasteiger charge is 2.13. The molecule has 0 aliphatic carbocycles. The average molecular weight is 783 g/mol. The minimum absolute atomic E-state index is 0.297. The molecule has 0 nitrogen and oxygen atoms in total. The largest absolute Gasteiger partial charge is 0.207 e. The first-order valence-corrected chi connectivity index (χ1v) is 20.9. The Labute approximate surface area is 342 Å². The minimum atomic E-state index is -0.297. The molecular weight excluding hydrogens is 751 g/mol. The number of rotatable bonds is 6. The highest BCUT2D eigenvalue weighted by atomic mass is 32.1. The molecule has 0 aliphatic rings. The summed E-state index contributed by atoms with van der Waals surface area (Å²) >= 11 is 3.61. The molecule has 0 N–H and O–H groups in total. The molecule has 58 heavy (non-hydrogen) atoms. The smallest absolute Gasteiger partial charge is 0.124 e. The van der Waals surface area contributed by atoms with Crippen molar-refractivity contribution in [2.24, 2.45) is 0 Å². The molecule has 4 heteroatoms. The number of fused-ring (bicyclic) bond motifs is 6. The van der Waals surface area contributed by atoms with E-state index in [1.807, 2.05) is 60.7 Å². The standard InChI is InChI=1S/C54H32F2S2/c55-45-27-41(25-43(29-45)37-9-5-7-35(23-37)39-19-21-49-47-11-1-3-13-51(47)57-53(49)31-39)33-15-17-34(18-16-33)42-26-44(30-46(56)28-42)38-10-6-8-36(24-38)40-20-22-50-48-12-2-4-14-52(48)58-54(50)32-40/h1-32H. The molecule has 0 amide bonds. The Hall–Kier alpha value is -6.72. The van der Waals surface area contributed by atoms with Crippen LogP contribution in [-0.4, -0.2) is 0 Å². The summed E-state index contributed by atoms with van der Waals surface area (Å²) in [6.45, 7) is 0. The summed E-state index contributed by atoms with van der Waals surface area (Å²) in [6, 6.07) is 65.3. The minimum Gasteiger partial charge on any atom is -0.207 e. The van der Waals surface area contributed by atoms with E-state index in [0.29, 0.717) is 0 Å². The second-order valence-corrected chi connectivity index (χ2v) is 17.0. The van der Waals surface area contributed by atoms with Gasteiger partial charge in [-0.15, -0.1) is 22.7 Å². The first-order chi connectivity index (χ1) is 28.5. The van der Waals surface area contributed by atoms with Crippen LogP contribution in [0.5, 0.6) is 0 Å². The Morgan fingerprint density at radius 3 is 0.966 bits per heavy atom. The normalized spacial score (nSPS) is 11.6. The first-order valence-electron chi connectivity index (χ1n) is 19.3. The van der Waals surface area contributed by atoms with Crippen LogP contribution in [0.15, 0.2) is 194 Å². The molecule has 0 spiro atoms. The zero-order valence-electron chi connectivity index (χ0n) is 31.0. The maximum absolute atomic E-state index is 15.3. The number of hydrogen-bond donors (Lipinski definition) is 0. The van der Waals surface area contributed by atoms with E-state index in [-0.39, 0.29) is 11.6 Å². The molecule has 274 valence electrons. The van der Waals surface area contributed by atoms with Crippen LogP contribution in [0.1, 0.15) is 0 Å².